The molecule has 2 aromatic rings. The zero-order valence-electron chi connectivity index (χ0n) is 12.0. The Kier molecular flexibility index (Phi) is 4.46. The second-order valence-corrected chi connectivity index (χ2v) is 4.90. The standard InChI is InChI=1S/C9H11NO.C8H9NO/c1-2-5-9-8(4-1)10-6-3-7-11-9;1-2-4-8-7(3-1)9-5-6-10-8/h1-2,4-5,10H,3,6-7H2;1-4,9H,5-6H2. The largest absolute Gasteiger partial charge is 0.491 e. The smallest absolute Gasteiger partial charge is 0.142 e. The van der Waals surface area contributed by atoms with Crippen LogP contribution in [-0.2, 0) is 0 Å². The molecule has 110 valence electrons. The van der Waals surface area contributed by atoms with Gasteiger partial charge < -0.3 is 20.1 Å². The number of ether oxygens (including phenoxy) is 2. The summed E-state index contributed by atoms with van der Waals surface area (Å²) in [5, 5.41) is 6.54. The van der Waals surface area contributed by atoms with Crippen LogP contribution in [-0.4, -0.2) is 26.3 Å². The molecule has 0 saturated carbocycles. The lowest BCUT2D eigenvalue weighted by Gasteiger charge is -2.17. The lowest BCUT2D eigenvalue weighted by atomic mass is 10.3. The summed E-state index contributed by atoms with van der Waals surface area (Å²) in [6, 6.07) is 16.0. The van der Waals surface area contributed by atoms with Crippen LogP contribution in [0.3, 0.4) is 0 Å². The second-order valence-electron chi connectivity index (χ2n) is 4.90. The molecule has 2 aliphatic rings. The van der Waals surface area contributed by atoms with Crippen molar-refractivity contribution in [3.05, 3.63) is 48.5 Å². The molecule has 21 heavy (non-hydrogen) atoms. The van der Waals surface area contributed by atoms with E-state index in [9.17, 15) is 0 Å². The topological polar surface area (TPSA) is 42.5 Å². The van der Waals surface area contributed by atoms with E-state index in [0.29, 0.717) is 0 Å². The van der Waals surface area contributed by atoms with Crippen molar-refractivity contribution < 1.29 is 9.47 Å². The van der Waals surface area contributed by atoms with Crippen molar-refractivity contribution in [1.29, 1.82) is 0 Å². The number of rotatable bonds is 0. The molecule has 0 fully saturated rings. The van der Waals surface area contributed by atoms with Gasteiger partial charge in [0, 0.05) is 13.1 Å². The van der Waals surface area contributed by atoms with E-state index in [2.05, 4.69) is 10.6 Å². The molecule has 0 saturated heterocycles. The summed E-state index contributed by atoms with van der Waals surface area (Å²) in [6.45, 7) is 3.52. The minimum Gasteiger partial charge on any atom is -0.491 e. The highest BCUT2D eigenvalue weighted by molar-refractivity contribution is 5.57. The van der Waals surface area contributed by atoms with Gasteiger partial charge >= 0.3 is 0 Å². The molecule has 2 N–H and O–H groups in total. The third kappa shape index (κ3) is 3.60. The number of nitrogens with one attached hydrogen (secondary N) is 2. The predicted molar refractivity (Wildman–Crippen MR) is 85.5 cm³/mol. The highest BCUT2D eigenvalue weighted by Gasteiger charge is 2.06. The maximum atomic E-state index is 5.49. The molecular formula is C17H20N2O2. The van der Waals surface area contributed by atoms with Crippen LogP contribution in [0.4, 0.5) is 11.4 Å². The van der Waals surface area contributed by atoms with Crippen molar-refractivity contribution in [1.82, 2.24) is 0 Å². The molecule has 4 heteroatoms. The molecule has 2 heterocycles. The van der Waals surface area contributed by atoms with Crippen molar-refractivity contribution >= 4 is 11.4 Å². The number of benzene rings is 2. The summed E-state index contributed by atoms with van der Waals surface area (Å²) in [5.74, 6) is 1.94. The molecule has 2 aromatic carbocycles. The molecule has 2 aliphatic heterocycles. The highest BCUT2D eigenvalue weighted by Crippen LogP contribution is 2.26. The summed E-state index contributed by atoms with van der Waals surface area (Å²) in [7, 11) is 0. The monoisotopic (exact) mass is 284 g/mol. The van der Waals surface area contributed by atoms with E-state index in [-0.39, 0.29) is 0 Å². The summed E-state index contributed by atoms with van der Waals surface area (Å²) in [6.07, 6.45) is 1.08. The molecule has 0 aliphatic carbocycles. The fourth-order valence-electron chi connectivity index (χ4n) is 2.30. The van der Waals surface area contributed by atoms with Crippen molar-refractivity contribution in [3.63, 3.8) is 0 Å². The minimum atomic E-state index is 0.775. The maximum Gasteiger partial charge on any atom is 0.142 e. The van der Waals surface area contributed by atoms with E-state index in [1.54, 1.807) is 0 Å². The van der Waals surface area contributed by atoms with Gasteiger partial charge in [-0.25, -0.2) is 0 Å². The number of hydrogen-bond donors (Lipinski definition) is 2. The van der Waals surface area contributed by atoms with Gasteiger partial charge in [-0.05, 0) is 30.7 Å². The van der Waals surface area contributed by atoms with Gasteiger partial charge in [0.2, 0.25) is 0 Å². The normalized spacial score (nSPS) is 15.2. The Labute approximate surface area is 125 Å². The molecule has 0 bridgehead atoms. The average Bonchev–Trinajstić information content (AvgIpc) is 2.81. The predicted octanol–water partition coefficient (Wildman–Crippen LogP) is 3.37. The second kappa shape index (κ2) is 6.88. The fraction of sp³-hybridized carbons (Fsp3) is 0.294. The molecule has 0 aromatic heterocycles. The van der Waals surface area contributed by atoms with Crippen molar-refractivity contribution in [3.8, 4) is 11.5 Å². The molecule has 0 amide bonds. The fourth-order valence-corrected chi connectivity index (χ4v) is 2.30. The number of fused-ring (bicyclic) bond motifs is 2. The Bertz CT molecular complexity index is 537. The number of para-hydroxylation sites is 4. The van der Waals surface area contributed by atoms with E-state index in [0.717, 1.165) is 55.6 Å². The van der Waals surface area contributed by atoms with Crippen LogP contribution in [0.15, 0.2) is 48.5 Å². The average molecular weight is 284 g/mol. The van der Waals surface area contributed by atoms with Gasteiger partial charge in [0.05, 0.1) is 18.0 Å². The van der Waals surface area contributed by atoms with Crippen LogP contribution < -0.4 is 20.1 Å². The van der Waals surface area contributed by atoms with Crippen LogP contribution in [0.5, 0.6) is 11.5 Å². The van der Waals surface area contributed by atoms with Crippen LogP contribution in [0, 0.1) is 0 Å². The van der Waals surface area contributed by atoms with Gasteiger partial charge in [-0.2, -0.15) is 0 Å². The van der Waals surface area contributed by atoms with E-state index < -0.39 is 0 Å². The van der Waals surface area contributed by atoms with Crippen LogP contribution in [0.25, 0.3) is 0 Å². The van der Waals surface area contributed by atoms with Gasteiger partial charge in [0.15, 0.2) is 0 Å². The molecule has 0 radical (unpaired) electrons. The SMILES string of the molecule is c1ccc2c(c1)NCCCO2.c1ccc2c(c1)NCCO2. The van der Waals surface area contributed by atoms with Crippen molar-refractivity contribution in [2.75, 3.05) is 36.9 Å². The van der Waals surface area contributed by atoms with Crippen LogP contribution in [0.1, 0.15) is 6.42 Å². The molecule has 0 atom stereocenters. The zero-order valence-corrected chi connectivity index (χ0v) is 12.0. The van der Waals surface area contributed by atoms with Gasteiger partial charge in [-0.1, -0.05) is 24.3 Å². The molecule has 0 unspecified atom stereocenters. The third-order valence-corrected chi connectivity index (χ3v) is 3.34. The molecule has 4 nitrogen and oxygen atoms in total. The van der Waals surface area contributed by atoms with E-state index in [1.165, 1.54) is 0 Å². The Morgan fingerprint density at radius 2 is 1.24 bits per heavy atom. The lowest BCUT2D eigenvalue weighted by molar-refractivity contribution is 0.323. The first-order chi connectivity index (χ1) is 10.4. The minimum absolute atomic E-state index is 0.775. The van der Waals surface area contributed by atoms with Gasteiger partial charge in [-0.3, -0.25) is 0 Å². The van der Waals surface area contributed by atoms with Crippen molar-refractivity contribution in [2.45, 2.75) is 6.42 Å². The van der Waals surface area contributed by atoms with Crippen molar-refractivity contribution in [2.24, 2.45) is 0 Å². The van der Waals surface area contributed by atoms with Gasteiger partial charge in [0.25, 0.3) is 0 Å². The maximum absolute atomic E-state index is 5.49. The Hall–Kier alpha value is -2.36. The van der Waals surface area contributed by atoms with Crippen LogP contribution >= 0.6 is 0 Å². The van der Waals surface area contributed by atoms with E-state index in [4.69, 9.17) is 9.47 Å². The third-order valence-electron chi connectivity index (χ3n) is 3.34. The first-order valence-corrected chi connectivity index (χ1v) is 7.35. The van der Waals surface area contributed by atoms with E-state index in [1.807, 2.05) is 48.5 Å². The lowest BCUT2D eigenvalue weighted by Crippen LogP contribution is -2.17. The molecule has 0 spiro atoms. The van der Waals surface area contributed by atoms with Gasteiger partial charge in [-0.15, -0.1) is 0 Å². The number of hydrogen-bond acceptors (Lipinski definition) is 4. The van der Waals surface area contributed by atoms with Gasteiger partial charge in [0.1, 0.15) is 18.1 Å². The Morgan fingerprint density at radius 3 is 1.95 bits per heavy atom. The highest BCUT2D eigenvalue weighted by atomic mass is 16.5. The number of anilines is 2. The quantitative estimate of drug-likeness (QED) is 0.778. The summed E-state index contributed by atoms with van der Waals surface area (Å²) in [4.78, 5) is 0. The molecular weight excluding hydrogens is 264 g/mol. The summed E-state index contributed by atoms with van der Waals surface area (Å²) in [5.41, 5.74) is 2.22. The Balaban J connectivity index is 0.000000126. The summed E-state index contributed by atoms with van der Waals surface area (Å²) >= 11 is 0. The molecule has 4 rings (SSSR count). The first kappa shape index (κ1) is 13.6. The zero-order chi connectivity index (χ0) is 14.3. The van der Waals surface area contributed by atoms with E-state index >= 15 is 0 Å². The first-order valence-electron chi connectivity index (χ1n) is 7.35. The Morgan fingerprint density at radius 1 is 0.667 bits per heavy atom. The van der Waals surface area contributed by atoms with Crippen LogP contribution in [0.2, 0.25) is 0 Å². The summed E-state index contributed by atoms with van der Waals surface area (Å²) < 4.78 is 10.8.